The Bertz CT molecular complexity index is 443. The molecule has 0 aliphatic carbocycles. The van der Waals surface area contributed by atoms with Gasteiger partial charge in [-0.05, 0) is 13.0 Å². The lowest BCUT2D eigenvalue weighted by molar-refractivity contribution is -0.385. The smallest absolute Gasteiger partial charge is 0.387 e. The van der Waals surface area contributed by atoms with Gasteiger partial charge in [0.05, 0.1) is 11.5 Å². The van der Waals surface area contributed by atoms with Crippen LogP contribution in [0.1, 0.15) is 12.5 Å². The standard InChI is InChI=1S/C11H14F2N2O4/c1-7(6-16)14-5-8-4-9(15(17)18)2-3-10(8)19-11(12)13/h2-4,7,11,14,16H,5-6H2,1H3/t7-/m1/s1. The highest BCUT2D eigenvalue weighted by atomic mass is 19.3. The Hall–Kier alpha value is -1.80. The first-order chi connectivity index (χ1) is 8.93. The lowest BCUT2D eigenvalue weighted by atomic mass is 10.1. The molecule has 1 rings (SSSR count). The predicted molar refractivity (Wildman–Crippen MR) is 63.1 cm³/mol. The summed E-state index contributed by atoms with van der Waals surface area (Å²) in [5, 5.41) is 22.3. The van der Waals surface area contributed by atoms with Gasteiger partial charge in [-0.2, -0.15) is 8.78 Å². The molecule has 2 N–H and O–H groups in total. The van der Waals surface area contributed by atoms with Gasteiger partial charge in [0.2, 0.25) is 0 Å². The van der Waals surface area contributed by atoms with Gasteiger partial charge in [0.25, 0.3) is 5.69 Å². The number of alkyl halides is 2. The van der Waals surface area contributed by atoms with Crippen LogP contribution >= 0.6 is 0 Å². The average Bonchev–Trinajstić information content (AvgIpc) is 2.36. The molecule has 1 atom stereocenters. The number of hydrogen-bond acceptors (Lipinski definition) is 5. The van der Waals surface area contributed by atoms with Crippen molar-refractivity contribution in [3.8, 4) is 5.75 Å². The van der Waals surface area contributed by atoms with Crippen molar-refractivity contribution in [2.45, 2.75) is 26.1 Å². The van der Waals surface area contributed by atoms with Gasteiger partial charge in [-0.15, -0.1) is 0 Å². The van der Waals surface area contributed by atoms with Crippen LogP contribution < -0.4 is 10.1 Å². The van der Waals surface area contributed by atoms with Crippen LogP contribution in [0.2, 0.25) is 0 Å². The number of non-ortho nitro benzene ring substituents is 1. The molecular formula is C11H14F2N2O4. The van der Waals surface area contributed by atoms with Crippen LogP contribution in [0.5, 0.6) is 5.75 Å². The molecule has 19 heavy (non-hydrogen) atoms. The number of hydrogen-bond donors (Lipinski definition) is 2. The van der Waals surface area contributed by atoms with Crippen molar-refractivity contribution in [2.75, 3.05) is 6.61 Å². The number of nitrogens with zero attached hydrogens (tertiary/aromatic N) is 1. The monoisotopic (exact) mass is 276 g/mol. The van der Waals surface area contributed by atoms with Gasteiger partial charge in [-0.25, -0.2) is 0 Å². The minimum atomic E-state index is -3.00. The van der Waals surface area contributed by atoms with Crippen LogP contribution in [-0.4, -0.2) is 29.3 Å². The summed E-state index contributed by atoms with van der Waals surface area (Å²) in [6, 6.07) is 3.12. The molecule has 0 aliphatic heterocycles. The zero-order chi connectivity index (χ0) is 14.4. The van der Waals surface area contributed by atoms with Gasteiger partial charge >= 0.3 is 6.61 Å². The molecular weight excluding hydrogens is 262 g/mol. The Morgan fingerprint density at radius 3 is 2.74 bits per heavy atom. The van der Waals surface area contributed by atoms with E-state index >= 15 is 0 Å². The number of aliphatic hydroxyl groups is 1. The maximum atomic E-state index is 12.2. The van der Waals surface area contributed by atoms with E-state index in [-0.39, 0.29) is 36.2 Å². The number of halogens is 2. The summed E-state index contributed by atoms with van der Waals surface area (Å²) < 4.78 is 28.7. The molecule has 0 saturated carbocycles. The quantitative estimate of drug-likeness (QED) is 0.584. The van der Waals surface area contributed by atoms with E-state index in [1.807, 2.05) is 0 Å². The molecule has 0 aliphatic rings. The molecule has 0 unspecified atom stereocenters. The fourth-order valence-corrected chi connectivity index (χ4v) is 1.38. The Labute approximate surface area is 108 Å². The molecule has 0 fully saturated rings. The molecule has 0 spiro atoms. The number of benzene rings is 1. The fraction of sp³-hybridized carbons (Fsp3) is 0.455. The second-order valence-corrected chi connectivity index (χ2v) is 3.89. The molecule has 0 saturated heterocycles. The minimum Gasteiger partial charge on any atom is -0.434 e. The van der Waals surface area contributed by atoms with Gasteiger partial charge in [-0.1, -0.05) is 0 Å². The van der Waals surface area contributed by atoms with E-state index in [4.69, 9.17) is 5.11 Å². The number of ether oxygens (including phenoxy) is 1. The Morgan fingerprint density at radius 2 is 2.21 bits per heavy atom. The maximum absolute atomic E-state index is 12.2. The number of rotatable bonds is 7. The number of nitro groups is 1. The van der Waals surface area contributed by atoms with Gasteiger partial charge in [0.1, 0.15) is 5.75 Å². The Morgan fingerprint density at radius 1 is 1.53 bits per heavy atom. The van der Waals surface area contributed by atoms with Crippen molar-refractivity contribution in [1.82, 2.24) is 5.32 Å². The zero-order valence-electron chi connectivity index (χ0n) is 10.2. The summed E-state index contributed by atoms with van der Waals surface area (Å²) in [5.74, 6) is -0.127. The van der Waals surface area contributed by atoms with Crippen molar-refractivity contribution in [3.63, 3.8) is 0 Å². The topological polar surface area (TPSA) is 84.6 Å². The lowest BCUT2D eigenvalue weighted by Gasteiger charge is -2.14. The Kier molecular flexibility index (Phi) is 5.58. The van der Waals surface area contributed by atoms with Crippen LogP contribution in [0.3, 0.4) is 0 Å². The van der Waals surface area contributed by atoms with Crippen molar-refractivity contribution < 1.29 is 23.5 Å². The summed E-state index contributed by atoms with van der Waals surface area (Å²) in [4.78, 5) is 10.0. The van der Waals surface area contributed by atoms with E-state index in [0.717, 1.165) is 18.2 Å². The molecule has 0 bridgehead atoms. The maximum Gasteiger partial charge on any atom is 0.387 e. The van der Waals surface area contributed by atoms with Gasteiger partial charge in [0.15, 0.2) is 0 Å². The molecule has 0 amide bonds. The van der Waals surface area contributed by atoms with E-state index in [9.17, 15) is 18.9 Å². The molecule has 8 heteroatoms. The molecule has 0 radical (unpaired) electrons. The second-order valence-electron chi connectivity index (χ2n) is 3.89. The van der Waals surface area contributed by atoms with Crippen molar-refractivity contribution in [3.05, 3.63) is 33.9 Å². The first kappa shape index (κ1) is 15.3. The minimum absolute atomic E-state index is 0.0749. The van der Waals surface area contributed by atoms with Gasteiger partial charge < -0.3 is 15.2 Å². The highest BCUT2D eigenvalue weighted by Crippen LogP contribution is 2.25. The highest BCUT2D eigenvalue weighted by molar-refractivity contribution is 5.43. The first-order valence-electron chi connectivity index (χ1n) is 5.50. The van der Waals surface area contributed by atoms with Gasteiger partial charge in [-0.3, -0.25) is 10.1 Å². The third-order valence-electron chi connectivity index (χ3n) is 2.39. The summed E-state index contributed by atoms with van der Waals surface area (Å²) >= 11 is 0. The summed E-state index contributed by atoms with van der Waals surface area (Å²) in [5.41, 5.74) is 0.0184. The number of aliphatic hydroxyl groups excluding tert-OH is 1. The SMILES string of the molecule is C[C@H](CO)NCc1cc([N+](=O)[O-])ccc1OC(F)F. The Balaban J connectivity index is 2.93. The number of nitro benzene ring substituents is 1. The second kappa shape index (κ2) is 6.95. The third-order valence-corrected chi connectivity index (χ3v) is 2.39. The predicted octanol–water partition coefficient (Wildman–Crippen LogP) is 1.67. The van der Waals surface area contributed by atoms with E-state index in [1.165, 1.54) is 0 Å². The van der Waals surface area contributed by atoms with E-state index in [0.29, 0.717) is 0 Å². The number of nitrogens with one attached hydrogen (secondary N) is 1. The third kappa shape index (κ3) is 4.76. The van der Waals surface area contributed by atoms with Crippen LogP contribution in [0.25, 0.3) is 0 Å². The van der Waals surface area contributed by atoms with Crippen LogP contribution in [0.4, 0.5) is 14.5 Å². The fourth-order valence-electron chi connectivity index (χ4n) is 1.38. The van der Waals surface area contributed by atoms with Crippen molar-refractivity contribution in [2.24, 2.45) is 0 Å². The normalized spacial score (nSPS) is 12.5. The summed E-state index contributed by atoms with van der Waals surface area (Å²) in [6.45, 7) is -1.38. The molecule has 6 nitrogen and oxygen atoms in total. The molecule has 1 aromatic rings. The van der Waals surface area contributed by atoms with Crippen LogP contribution in [0.15, 0.2) is 18.2 Å². The summed E-state index contributed by atoms with van der Waals surface area (Å²) in [6.07, 6.45) is 0. The molecule has 0 heterocycles. The van der Waals surface area contributed by atoms with E-state index < -0.39 is 11.5 Å². The zero-order valence-corrected chi connectivity index (χ0v) is 10.2. The van der Waals surface area contributed by atoms with Gasteiger partial charge in [0, 0.05) is 30.3 Å². The van der Waals surface area contributed by atoms with Crippen molar-refractivity contribution >= 4 is 5.69 Å². The largest absolute Gasteiger partial charge is 0.434 e. The van der Waals surface area contributed by atoms with Crippen molar-refractivity contribution in [1.29, 1.82) is 0 Å². The highest BCUT2D eigenvalue weighted by Gasteiger charge is 2.15. The van der Waals surface area contributed by atoms with E-state index in [2.05, 4.69) is 10.1 Å². The van der Waals surface area contributed by atoms with Crippen LogP contribution in [-0.2, 0) is 6.54 Å². The molecule has 1 aromatic carbocycles. The average molecular weight is 276 g/mol. The van der Waals surface area contributed by atoms with Crippen LogP contribution in [0, 0.1) is 10.1 Å². The molecule has 0 aromatic heterocycles. The summed E-state index contributed by atoms with van der Waals surface area (Å²) in [7, 11) is 0. The first-order valence-corrected chi connectivity index (χ1v) is 5.50. The van der Waals surface area contributed by atoms with E-state index in [1.54, 1.807) is 6.92 Å². The molecule has 106 valence electrons. The lowest BCUT2D eigenvalue weighted by Crippen LogP contribution is -2.28.